The predicted octanol–water partition coefficient (Wildman–Crippen LogP) is 5.74. The van der Waals surface area contributed by atoms with E-state index in [0.29, 0.717) is 6.42 Å². The van der Waals surface area contributed by atoms with Crippen LogP contribution in [0, 0.1) is 0 Å². The third-order valence-electron chi connectivity index (χ3n) is 6.46. The van der Waals surface area contributed by atoms with Crippen molar-refractivity contribution < 1.29 is 9.59 Å². The summed E-state index contributed by atoms with van der Waals surface area (Å²) in [7, 11) is 0. The van der Waals surface area contributed by atoms with Gasteiger partial charge in [0.05, 0.1) is 0 Å². The van der Waals surface area contributed by atoms with E-state index in [-0.39, 0.29) is 5.91 Å². The molecule has 34 heavy (non-hydrogen) atoms. The zero-order valence-electron chi connectivity index (χ0n) is 20.1. The summed E-state index contributed by atoms with van der Waals surface area (Å²) in [6.45, 7) is 2.19. The molecule has 0 bridgehead atoms. The van der Waals surface area contributed by atoms with Crippen molar-refractivity contribution in [2.24, 2.45) is 5.73 Å². The highest BCUT2D eigenvalue weighted by Gasteiger charge is 2.44. The fraction of sp³-hybridized carbons (Fsp3) is 0.333. The van der Waals surface area contributed by atoms with Crippen LogP contribution in [-0.4, -0.2) is 17.9 Å². The maximum atomic E-state index is 14.2. The first-order valence-corrected chi connectivity index (χ1v) is 12.4. The molecule has 3 rings (SSSR count). The first-order valence-electron chi connectivity index (χ1n) is 12.4. The molecule has 3 aromatic rings. The maximum Gasteiger partial charge on any atom is 0.240 e. The molecule has 0 spiro atoms. The van der Waals surface area contributed by atoms with Crippen molar-refractivity contribution in [2.45, 2.75) is 63.3 Å². The lowest BCUT2D eigenvalue weighted by molar-refractivity contribution is -0.129. The predicted molar refractivity (Wildman–Crippen MR) is 138 cm³/mol. The Morgan fingerprint density at radius 2 is 1.12 bits per heavy atom. The van der Waals surface area contributed by atoms with Crippen LogP contribution >= 0.6 is 0 Å². The van der Waals surface area contributed by atoms with E-state index in [0.717, 1.165) is 36.0 Å². The Bertz CT molecular complexity index is 923. The highest BCUT2D eigenvalue weighted by molar-refractivity contribution is 5.98. The standard InChI is InChI=1S/C30H36N2O2/c1-2-3-4-5-6-16-23-27(28(31)33)32-29(34)30(24-17-10-7-11-18-24,25-19-12-8-13-20-25)26-21-14-9-15-22-26/h7-15,17-22,27H,2-6,16,23H2,1H3,(H2,31,33)(H,32,34)/t27-/m0/s1. The highest BCUT2D eigenvalue weighted by atomic mass is 16.2. The van der Waals surface area contributed by atoms with Crippen molar-refractivity contribution in [3.63, 3.8) is 0 Å². The normalized spacial score (nSPS) is 12.1. The minimum Gasteiger partial charge on any atom is -0.368 e. The van der Waals surface area contributed by atoms with Crippen LogP contribution in [0.25, 0.3) is 0 Å². The van der Waals surface area contributed by atoms with Gasteiger partial charge in [-0.3, -0.25) is 9.59 Å². The molecule has 178 valence electrons. The van der Waals surface area contributed by atoms with Crippen LogP contribution in [0.4, 0.5) is 0 Å². The number of carbonyl (C=O) groups excluding carboxylic acids is 2. The lowest BCUT2D eigenvalue weighted by Crippen LogP contribution is -2.53. The van der Waals surface area contributed by atoms with Crippen LogP contribution in [0.2, 0.25) is 0 Å². The number of hydrogen-bond donors (Lipinski definition) is 2. The second-order valence-electron chi connectivity index (χ2n) is 8.83. The average molecular weight is 457 g/mol. The van der Waals surface area contributed by atoms with E-state index in [1.54, 1.807) is 0 Å². The van der Waals surface area contributed by atoms with Gasteiger partial charge in [0.2, 0.25) is 11.8 Å². The molecule has 0 unspecified atom stereocenters. The van der Waals surface area contributed by atoms with Gasteiger partial charge < -0.3 is 11.1 Å². The number of hydrogen-bond acceptors (Lipinski definition) is 2. The van der Waals surface area contributed by atoms with Crippen molar-refractivity contribution in [3.05, 3.63) is 108 Å². The topological polar surface area (TPSA) is 72.2 Å². The molecule has 3 N–H and O–H groups in total. The SMILES string of the molecule is CCCCCCCC[C@H](NC(=O)C(c1ccccc1)(c1ccccc1)c1ccccc1)C(N)=O. The van der Waals surface area contributed by atoms with Gasteiger partial charge in [0.1, 0.15) is 11.5 Å². The van der Waals surface area contributed by atoms with E-state index in [1.165, 1.54) is 19.3 Å². The molecule has 0 saturated carbocycles. The van der Waals surface area contributed by atoms with Crippen molar-refractivity contribution in [2.75, 3.05) is 0 Å². The molecule has 0 fully saturated rings. The Labute approximate surface area is 203 Å². The molecule has 4 nitrogen and oxygen atoms in total. The third-order valence-corrected chi connectivity index (χ3v) is 6.46. The first kappa shape index (κ1) is 25.2. The Morgan fingerprint density at radius 3 is 1.53 bits per heavy atom. The van der Waals surface area contributed by atoms with E-state index >= 15 is 0 Å². The van der Waals surface area contributed by atoms with Crippen LogP contribution in [0.5, 0.6) is 0 Å². The molecule has 0 heterocycles. The van der Waals surface area contributed by atoms with Crippen molar-refractivity contribution in [1.29, 1.82) is 0 Å². The molecule has 1 atom stereocenters. The molecule has 0 saturated heterocycles. The summed E-state index contributed by atoms with van der Waals surface area (Å²) in [5, 5.41) is 3.04. The molecule has 0 aromatic heterocycles. The van der Waals surface area contributed by atoms with Crippen LogP contribution in [0.1, 0.15) is 68.6 Å². The molecule has 0 aliphatic carbocycles. The fourth-order valence-electron chi connectivity index (χ4n) is 4.64. The van der Waals surface area contributed by atoms with E-state index in [4.69, 9.17) is 5.73 Å². The smallest absolute Gasteiger partial charge is 0.240 e. The molecule has 0 aliphatic rings. The van der Waals surface area contributed by atoms with Crippen LogP contribution in [-0.2, 0) is 15.0 Å². The summed E-state index contributed by atoms with van der Waals surface area (Å²) in [4.78, 5) is 26.6. The van der Waals surface area contributed by atoms with Gasteiger partial charge in [0, 0.05) is 0 Å². The number of primary amides is 1. The monoisotopic (exact) mass is 456 g/mol. The van der Waals surface area contributed by atoms with Gasteiger partial charge in [0.25, 0.3) is 0 Å². The maximum absolute atomic E-state index is 14.2. The van der Waals surface area contributed by atoms with Gasteiger partial charge in [-0.15, -0.1) is 0 Å². The Kier molecular flexibility index (Phi) is 9.45. The van der Waals surface area contributed by atoms with E-state index in [9.17, 15) is 9.59 Å². The van der Waals surface area contributed by atoms with Crippen molar-refractivity contribution >= 4 is 11.8 Å². The van der Waals surface area contributed by atoms with E-state index in [1.807, 2.05) is 91.0 Å². The van der Waals surface area contributed by atoms with E-state index in [2.05, 4.69) is 12.2 Å². The van der Waals surface area contributed by atoms with E-state index < -0.39 is 17.4 Å². The average Bonchev–Trinajstić information content (AvgIpc) is 2.88. The lowest BCUT2D eigenvalue weighted by atomic mass is 9.68. The summed E-state index contributed by atoms with van der Waals surface area (Å²) in [5.41, 5.74) is 7.16. The number of amides is 2. The zero-order valence-corrected chi connectivity index (χ0v) is 20.1. The molecule has 3 aromatic carbocycles. The molecular weight excluding hydrogens is 420 g/mol. The number of carbonyl (C=O) groups is 2. The minimum absolute atomic E-state index is 0.245. The quantitative estimate of drug-likeness (QED) is 0.254. The van der Waals surface area contributed by atoms with Crippen molar-refractivity contribution in [3.8, 4) is 0 Å². The first-order chi connectivity index (χ1) is 16.6. The fourth-order valence-corrected chi connectivity index (χ4v) is 4.64. The highest BCUT2D eigenvalue weighted by Crippen LogP contribution is 2.39. The zero-order chi connectivity index (χ0) is 24.2. The van der Waals surface area contributed by atoms with Crippen LogP contribution in [0.15, 0.2) is 91.0 Å². The summed E-state index contributed by atoms with van der Waals surface area (Å²) in [6.07, 6.45) is 7.18. The van der Waals surface area contributed by atoms with Crippen molar-refractivity contribution in [1.82, 2.24) is 5.32 Å². The van der Waals surface area contributed by atoms with Gasteiger partial charge in [-0.2, -0.15) is 0 Å². The lowest BCUT2D eigenvalue weighted by Gasteiger charge is -2.35. The number of nitrogens with two attached hydrogens (primary N) is 1. The van der Waals surface area contributed by atoms with Crippen LogP contribution in [0.3, 0.4) is 0 Å². The largest absolute Gasteiger partial charge is 0.368 e. The van der Waals surface area contributed by atoms with Gasteiger partial charge in [-0.25, -0.2) is 0 Å². The number of nitrogens with one attached hydrogen (secondary N) is 1. The molecule has 4 heteroatoms. The third kappa shape index (κ3) is 5.93. The minimum atomic E-state index is -1.11. The van der Waals surface area contributed by atoms with Gasteiger partial charge in [0.15, 0.2) is 0 Å². The second kappa shape index (κ2) is 12.7. The molecule has 0 aliphatic heterocycles. The van der Waals surface area contributed by atoms with Crippen LogP contribution < -0.4 is 11.1 Å². The molecular formula is C30H36N2O2. The Balaban J connectivity index is 1.97. The number of unbranched alkanes of at least 4 members (excludes halogenated alkanes) is 5. The Morgan fingerprint density at radius 1 is 0.706 bits per heavy atom. The molecule has 0 radical (unpaired) electrons. The summed E-state index contributed by atoms with van der Waals surface area (Å²) in [5.74, 6) is -0.740. The van der Waals surface area contributed by atoms with Gasteiger partial charge in [-0.1, -0.05) is 136 Å². The van der Waals surface area contributed by atoms with Gasteiger partial charge in [-0.05, 0) is 23.1 Å². The molecule has 2 amide bonds. The summed E-state index contributed by atoms with van der Waals surface area (Å²) in [6, 6.07) is 28.5. The summed E-state index contributed by atoms with van der Waals surface area (Å²) >= 11 is 0. The number of rotatable bonds is 13. The number of benzene rings is 3. The van der Waals surface area contributed by atoms with Gasteiger partial charge >= 0.3 is 0 Å². The Hall–Kier alpha value is -3.40. The second-order valence-corrected chi connectivity index (χ2v) is 8.83. The summed E-state index contributed by atoms with van der Waals surface area (Å²) < 4.78 is 0.